The van der Waals surface area contributed by atoms with E-state index in [-0.39, 0.29) is 19.0 Å². The van der Waals surface area contributed by atoms with Crippen molar-refractivity contribution < 1.29 is 18.0 Å². The summed E-state index contributed by atoms with van der Waals surface area (Å²) in [6.07, 6.45) is 1.03. The largest absolute Gasteiger partial charge is 0.357 e. The zero-order valence-electron chi connectivity index (χ0n) is 16.5. The molecule has 0 aliphatic heterocycles. The summed E-state index contributed by atoms with van der Waals surface area (Å²) in [5.41, 5.74) is 1.38. The van der Waals surface area contributed by atoms with Crippen LogP contribution in [0.25, 0.3) is 0 Å². The van der Waals surface area contributed by atoms with Crippen LogP contribution in [0.5, 0.6) is 0 Å². The number of rotatable bonds is 8. The van der Waals surface area contributed by atoms with Crippen LogP contribution in [-0.2, 0) is 26.2 Å². The Morgan fingerprint density at radius 1 is 1.07 bits per heavy atom. The molecule has 0 unspecified atom stereocenters. The fourth-order valence-corrected chi connectivity index (χ4v) is 3.22. The minimum absolute atomic E-state index is 0.112. The molecule has 0 radical (unpaired) electrons. The Morgan fingerprint density at radius 2 is 1.66 bits per heavy atom. The lowest BCUT2D eigenvalue weighted by atomic mass is 10.0. The average Bonchev–Trinajstić information content (AvgIpc) is 2.68. The van der Waals surface area contributed by atoms with E-state index in [0.717, 1.165) is 16.1 Å². The molecule has 7 nitrogen and oxygen atoms in total. The Morgan fingerprint density at radius 3 is 2.17 bits per heavy atom. The monoisotopic (exact) mass is 437 g/mol. The van der Waals surface area contributed by atoms with Crippen LogP contribution >= 0.6 is 11.6 Å². The van der Waals surface area contributed by atoms with Crippen LogP contribution in [0.4, 0.5) is 0 Å². The van der Waals surface area contributed by atoms with Crippen molar-refractivity contribution in [3.63, 3.8) is 0 Å². The minimum Gasteiger partial charge on any atom is -0.357 e. The number of carbonyl (C=O) groups is 2. The third-order valence-corrected chi connectivity index (χ3v) is 5.95. The van der Waals surface area contributed by atoms with E-state index >= 15 is 0 Å². The van der Waals surface area contributed by atoms with E-state index in [1.54, 1.807) is 48.5 Å². The molecule has 2 aromatic carbocycles. The normalized spacial score (nSPS) is 12.4. The van der Waals surface area contributed by atoms with Gasteiger partial charge in [0, 0.05) is 25.7 Å². The smallest absolute Gasteiger partial charge is 0.247 e. The van der Waals surface area contributed by atoms with Crippen LogP contribution in [0.3, 0.4) is 0 Å². The standard InChI is InChI=1S/C20H24ClN3O4S/c1-22-20(26)19(16-7-5-4-6-8-16)24(13-15-9-11-17(21)12-10-15)18(25)14-23(2)29(3,27)28/h4-12,19H,13-14H2,1-3H3,(H,22,26)/t19-/m1/s1. The summed E-state index contributed by atoms with van der Waals surface area (Å²) in [4.78, 5) is 27.2. The molecule has 2 aromatic rings. The maximum atomic E-state index is 13.1. The number of likely N-dealkylation sites (N-methyl/N-ethyl adjacent to an activating group) is 2. The second-order valence-electron chi connectivity index (χ2n) is 6.59. The van der Waals surface area contributed by atoms with Crippen LogP contribution in [0.1, 0.15) is 17.2 Å². The number of nitrogens with one attached hydrogen (secondary N) is 1. The predicted octanol–water partition coefficient (Wildman–Crippen LogP) is 2.05. The fourth-order valence-electron chi connectivity index (χ4n) is 2.75. The van der Waals surface area contributed by atoms with Crippen molar-refractivity contribution in [3.05, 3.63) is 70.7 Å². The van der Waals surface area contributed by atoms with Gasteiger partial charge in [0.1, 0.15) is 6.04 Å². The molecule has 0 aliphatic rings. The first-order chi connectivity index (χ1) is 13.6. The third-order valence-electron chi connectivity index (χ3n) is 4.43. The van der Waals surface area contributed by atoms with Gasteiger partial charge in [-0.1, -0.05) is 54.1 Å². The van der Waals surface area contributed by atoms with Gasteiger partial charge in [-0.15, -0.1) is 0 Å². The van der Waals surface area contributed by atoms with E-state index in [1.807, 2.05) is 6.07 Å². The molecule has 1 N–H and O–H groups in total. The summed E-state index contributed by atoms with van der Waals surface area (Å²) in [5.74, 6) is -0.870. The van der Waals surface area contributed by atoms with Crippen LogP contribution < -0.4 is 5.32 Å². The first-order valence-corrected chi connectivity index (χ1v) is 11.1. The maximum absolute atomic E-state index is 13.1. The Hall–Kier alpha value is -2.42. The molecule has 0 aliphatic carbocycles. The van der Waals surface area contributed by atoms with Gasteiger partial charge in [0.05, 0.1) is 12.8 Å². The molecule has 0 fully saturated rings. The fraction of sp³-hybridized carbons (Fsp3) is 0.300. The van der Waals surface area contributed by atoms with Crippen LogP contribution in [0.2, 0.25) is 5.02 Å². The van der Waals surface area contributed by atoms with E-state index in [9.17, 15) is 18.0 Å². The van der Waals surface area contributed by atoms with Gasteiger partial charge in [0.15, 0.2) is 0 Å². The van der Waals surface area contributed by atoms with E-state index in [0.29, 0.717) is 10.6 Å². The Bertz CT molecular complexity index is 949. The minimum atomic E-state index is -3.56. The lowest BCUT2D eigenvalue weighted by Gasteiger charge is -2.32. The zero-order valence-corrected chi connectivity index (χ0v) is 18.1. The van der Waals surface area contributed by atoms with Gasteiger partial charge in [0.2, 0.25) is 21.8 Å². The molecule has 0 bridgehead atoms. The number of carbonyl (C=O) groups excluding carboxylic acids is 2. The lowest BCUT2D eigenvalue weighted by molar-refractivity contribution is -0.141. The molecule has 156 valence electrons. The van der Waals surface area contributed by atoms with E-state index in [2.05, 4.69) is 5.32 Å². The number of hydrogen-bond acceptors (Lipinski definition) is 4. The highest BCUT2D eigenvalue weighted by molar-refractivity contribution is 7.88. The van der Waals surface area contributed by atoms with Crippen molar-refractivity contribution in [2.24, 2.45) is 0 Å². The van der Waals surface area contributed by atoms with Crippen LogP contribution in [0, 0.1) is 0 Å². The highest BCUT2D eigenvalue weighted by Crippen LogP contribution is 2.24. The van der Waals surface area contributed by atoms with Crippen molar-refractivity contribution >= 4 is 33.4 Å². The molecule has 1 atom stereocenters. The van der Waals surface area contributed by atoms with Gasteiger partial charge in [0.25, 0.3) is 0 Å². The van der Waals surface area contributed by atoms with E-state index in [4.69, 9.17) is 11.6 Å². The average molecular weight is 438 g/mol. The number of sulfonamides is 1. The summed E-state index contributed by atoms with van der Waals surface area (Å²) >= 11 is 5.94. The number of amides is 2. The second-order valence-corrected chi connectivity index (χ2v) is 9.12. The van der Waals surface area contributed by atoms with Crippen molar-refractivity contribution in [2.75, 3.05) is 26.9 Å². The Kier molecular flexibility index (Phi) is 7.78. The number of hydrogen-bond donors (Lipinski definition) is 1. The quantitative estimate of drug-likeness (QED) is 0.684. The second kappa shape index (κ2) is 9.87. The number of benzene rings is 2. The molecule has 0 heterocycles. The molecule has 0 aromatic heterocycles. The van der Waals surface area contributed by atoms with Gasteiger partial charge in [-0.05, 0) is 23.3 Å². The lowest BCUT2D eigenvalue weighted by Crippen LogP contribution is -2.46. The van der Waals surface area contributed by atoms with Gasteiger partial charge in [-0.25, -0.2) is 8.42 Å². The Balaban J connectivity index is 2.46. The third kappa shape index (κ3) is 6.28. The summed E-state index contributed by atoms with van der Waals surface area (Å²) in [6.45, 7) is -0.270. The maximum Gasteiger partial charge on any atom is 0.247 e. The van der Waals surface area contributed by atoms with Gasteiger partial charge < -0.3 is 10.2 Å². The number of nitrogens with zero attached hydrogens (tertiary/aromatic N) is 2. The van der Waals surface area contributed by atoms with Crippen molar-refractivity contribution in [1.29, 1.82) is 0 Å². The van der Waals surface area contributed by atoms with Gasteiger partial charge in [-0.2, -0.15) is 4.31 Å². The van der Waals surface area contributed by atoms with Crippen LogP contribution in [-0.4, -0.2) is 56.3 Å². The molecule has 0 spiro atoms. The molecule has 9 heteroatoms. The van der Waals surface area contributed by atoms with Gasteiger partial charge in [-0.3, -0.25) is 9.59 Å². The molecule has 2 rings (SSSR count). The van der Waals surface area contributed by atoms with Crippen molar-refractivity contribution in [3.8, 4) is 0 Å². The molecule has 2 amide bonds. The molecule has 29 heavy (non-hydrogen) atoms. The highest BCUT2D eigenvalue weighted by atomic mass is 35.5. The first-order valence-electron chi connectivity index (χ1n) is 8.85. The summed E-state index contributed by atoms with van der Waals surface area (Å²) in [7, 11) is -0.742. The van der Waals surface area contributed by atoms with Crippen molar-refractivity contribution in [2.45, 2.75) is 12.6 Å². The topological polar surface area (TPSA) is 86.8 Å². The Labute approximate surface area is 176 Å². The van der Waals surface area contributed by atoms with Crippen LogP contribution in [0.15, 0.2) is 54.6 Å². The molecular weight excluding hydrogens is 414 g/mol. The first kappa shape index (κ1) is 22.9. The summed E-state index contributed by atoms with van der Waals surface area (Å²) in [6, 6.07) is 14.9. The van der Waals surface area contributed by atoms with Gasteiger partial charge >= 0.3 is 0 Å². The zero-order chi connectivity index (χ0) is 21.6. The number of halogens is 1. The summed E-state index contributed by atoms with van der Waals surface area (Å²) in [5, 5.41) is 3.14. The highest BCUT2D eigenvalue weighted by Gasteiger charge is 2.32. The summed E-state index contributed by atoms with van der Waals surface area (Å²) < 4.78 is 24.5. The SMILES string of the molecule is CNC(=O)[C@@H](c1ccccc1)N(Cc1ccc(Cl)cc1)C(=O)CN(C)S(C)(=O)=O. The molecule has 0 saturated heterocycles. The van der Waals surface area contributed by atoms with E-state index < -0.39 is 22.0 Å². The predicted molar refractivity (Wildman–Crippen MR) is 113 cm³/mol. The van der Waals surface area contributed by atoms with E-state index in [1.165, 1.54) is 19.0 Å². The molecule has 0 saturated carbocycles. The molecular formula is C20H24ClN3O4S. The van der Waals surface area contributed by atoms with Crippen molar-refractivity contribution in [1.82, 2.24) is 14.5 Å².